The van der Waals surface area contributed by atoms with Crippen LogP contribution in [0.5, 0.6) is 0 Å². The van der Waals surface area contributed by atoms with Crippen LogP contribution in [0.1, 0.15) is 40.1 Å². The van der Waals surface area contributed by atoms with E-state index >= 15 is 0 Å². The molecule has 0 spiro atoms. The molecule has 3 N–H and O–H groups in total. The number of carbonyl (C=O) groups is 2. The van der Waals surface area contributed by atoms with Gasteiger partial charge in [0.05, 0.1) is 17.2 Å². The molecule has 10 heteroatoms. The molecule has 0 bridgehead atoms. The fraction of sp³-hybridized carbons (Fsp3) is 0.115. The first-order valence-electron chi connectivity index (χ1n) is 11.0. The van der Waals surface area contributed by atoms with E-state index in [9.17, 15) is 18.4 Å². The SMILES string of the molecule is CC(=O)c1cc2nc(NCc3cc(F)ccc3F)nc(Nc3ccc4[nH]ncc4c3)c2cc1C(C)=O. The van der Waals surface area contributed by atoms with Crippen molar-refractivity contribution in [2.24, 2.45) is 0 Å². The zero-order valence-electron chi connectivity index (χ0n) is 19.3. The Morgan fingerprint density at radius 2 is 1.72 bits per heavy atom. The second kappa shape index (κ2) is 9.14. The van der Waals surface area contributed by atoms with E-state index in [4.69, 9.17) is 0 Å². The predicted molar refractivity (Wildman–Crippen MR) is 133 cm³/mol. The number of fused-ring (bicyclic) bond motifs is 2. The van der Waals surface area contributed by atoms with Gasteiger partial charge in [-0.15, -0.1) is 0 Å². The largest absolute Gasteiger partial charge is 0.350 e. The van der Waals surface area contributed by atoms with Gasteiger partial charge < -0.3 is 10.6 Å². The molecular weight excluding hydrogens is 466 g/mol. The number of aromatic amines is 1. The van der Waals surface area contributed by atoms with E-state index in [0.29, 0.717) is 22.4 Å². The lowest BCUT2D eigenvalue weighted by molar-refractivity contribution is 0.0981. The summed E-state index contributed by atoms with van der Waals surface area (Å²) in [6.07, 6.45) is 1.69. The minimum atomic E-state index is -0.568. The summed E-state index contributed by atoms with van der Waals surface area (Å²) in [4.78, 5) is 33.5. The maximum atomic E-state index is 14.1. The van der Waals surface area contributed by atoms with E-state index < -0.39 is 11.6 Å². The van der Waals surface area contributed by atoms with Crippen molar-refractivity contribution in [1.82, 2.24) is 20.2 Å². The van der Waals surface area contributed by atoms with E-state index in [1.54, 1.807) is 12.3 Å². The van der Waals surface area contributed by atoms with Gasteiger partial charge in [-0.25, -0.2) is 13.8 Å². The Balaban J connectivity index is 1.61. The van der Waals surface area contributed by atoms with E-state index in [0.717, 1.165) is 29.1 Å². The van der Waals surface area contributed by atoms with Crippen LogP contribution in [0.2, 0.25) is 0 Å². The summed E-state index contributed by atoms with van der Waals surface area (Å²) in [5, 5.41) is 14.5. The molecule has 0 radical (unpaired) electrons. The molecule has 180 valence electrons. The van der Waals surface area contributed by atoms with Crippen LogP contribution in [-0.2, 0) is 6.54 Å². The van der Waals surface area contributed by atoms with Crippen LogP contribution in [0.3, 0.4) is 0 Å². The van der Waals surface area contributed by atoms with Crippen molar-refractivity contribution in [2.45, 2.75) is 20.4 Å². The van der Waals surface area contributed by atoms with Gasteiger partial charge in [-0.05, 0) is 62.4 Å². The van der Waals surface area contributed by atoms with Crippen LogP contribution in [0.25, 0.3) is 21.8 Å². The molecule has 36 heavy (non-hydrogen) atoms. The molecule has 0 saturated carbocycles. The molecule has 0 unspecified atom stereocenters. The summed E-state index contributed by atoms with van der Waals surface area (Å²) in [6, 6.07) is 11.9. The highest BCUT2D eigenvalue weighted by atomic mass is 19.1. The van der Waals surface area contributed by atoms with Gasteiger partial charge in [0.2, 0.25) is 5.95 Å². The van der Waals surface area contributed by atoms with Crippen molar-refractivity contribution in [1.29, 1.82) is 0 Å². The van der Waals surface area contributed by atoms with Gasteiger partial charge in [-0.3, -0.25) is 14.7 Å². The summed E-state index contributed by atoms with van der Waals surface area (Å²) in [5.41, 5.74) is 2.56. The Morgan fingerprint density at radius 1 is 0.944 bits per heavy atom. The Morgan fingerprint density at radius 3 is 2.50 bits per heavy atom. The van der Waals surface area contributed by atoms with Crippen molar-refractivity contribution in [2.75, 3.05) is 10.6 Å². The van der Waals surface area contributed by atoms with E-state index in [1.807, 2.05) is 18.2 Å². The van der Waals surface area contributed by atoms with Crippen molar-refractivity contribution < 1.29 is 18.4 Å². The molecule has 2 aromatic heterocycles. The highest BCUT2D eigenvalue weighted by molar-refractivity contribution is 6.11. The topological polar surface area (TPSA) is 113 Å². The molecule has 0 atom stereocenters. The molecule has 3 aromatic carbocycles. The number of halogens is 2. The number of carbonyl (C=O) groups excluding carboxylic acids is 2. The van der Waals surface area contributed by atoms with E-state index in [1.165, 1.54) is 19.9 Å². The third-order valence-electron chi connectivity index (χ3n) is 5.74. The minimum Gasteiger partial charge on any atom is -0.350 e. The van der Waals surface area contributed by atoms with Gasteiger partial charge in [-0.2, -0.15) is 10.1 Å². The number of rotatable bonds is 7. The van der Waals surface area contributed by atoms with Gasteiger partial charge in [-0.1, -0.05) is 0 Å². The van der Waals surface area contributed by atoms with Crippen molar-refractivity contribution in [3.63, 3.8) is 0 Å². The number of nitrogens with one attached hydrogen (secondary N) is 3. The fourth-order valence-corrected chi connectivity index (χ4v) is 3.94. The monoisotopic (exact) mass is 486 g/mol. The summed E-state index contributed by atoms with van der Waals surface area (Å²) in [7, 11) is 0. The number of Topliss-reactive ketones (excluding diaryl/α,β-unsaturated/α-hetero) is 2. The first-order valence-corrected chi connectivity index (χ1v) is 11.0. The second-order valence-electron chi connectivity index (χ2n) is 8.31. The molecule has 0 fully saturated rings. The molecule has 0 aliphatic carbocycles. The smallest absolute Gasteiger partial charge is 0.225 e. The lowest BCUT2D eigenvalue weighted by atomic mass is 9.98. The normalized spacial score (nSPS) is 11.1. The molecule has 2 heterocycles. The molecular formula is C26H20F2N6O2. The number of ketones is 2. The number of hydrogen-bond acceptors (Lipinski definition) is 7. The number of nitrogens with zero attached hydrogens (tertiary/aromatic N) is 3. The number of hydrogen-bond donors (Lipinski definition) is 3. The third-order valence-corrected chi connectivity index (χ3v) is 5.74. The maximum absolute atomic E-state index is 14.1. The number of anilines is 3. The van der Waals surface area contributed by atoms with Crippen LogP contribution in [0.15, 0.2) is 54.7 Å². The zero-order chi connectivity index (χ0) is 25.4. The highest BCUT2D eigenvalue weighted by Crippen LogP contribution is 2.30. The van der Waals surface area contributed by atoms with Gasteiger partial charge in [0.15, 0.2) is 11.6 Å². The summed E-state index contributed by atoms with van der Waals surface area (Å²) < 4.78 is 27.7. The average molecular weight is 486 g/mol. The summed E-state index contributed by atoms with van der Waals surface area (Å²) >= 11 is 0. The van der Waals surface area contributed by atoms with Gasteiger partial charge in [0.1, 0.15) is 17.5 Å². The quantitative estimate of drug-likeness (QED) is 0.259. The number of aromatic nitrogens is 4. The molecule has 8 nitrogen and oxygen atoms in total. The van der Waals surface area contributed by atoms with E-state index in [-0.39, 0.29) is 40.7 Å². The van der Waals surface area contributed by atoms with Gasteiger partial charge in [0.25, 0.3) is 0 Å². The first-order chi connectivity index (χ1) is 17.3. The standard InChI is InChI=1S/C26H20F2N6O2/c1-13(35)19-9-21-24(10-20(19)14(2)36)32-26(29-11-15-7-17(27)3-5-22(15)28)33-25(21)31-18-4-6-23-16(8-18)12-30-34-23/h3-10,12H,11H2,1-2H3,(H,30,34)(H2,29,31,32,33). The van der Waals surface area contributed by atoms with Crippen LogP contribution >= 0.6 is 0 Å². The Bertz CT molecular complexity index is 1660. The zero-order valence-corrected chi connectivity index (χ0v) is 19.3. The number of H-pyrrole nitrogens is 1. The highest BCUT2D eigenvalue weighted by Gasteiger charge is 2.18. The molecule has 5 rings (SSSR count). The molecule has 5 aromatic rings. The van der Waals surface area contributed by atoms with Gasteiger partial charge >= 0.3 is 0 Å². The lowest BCUT2D eigenvalue weighted by Crippen LogP contribution is -2.09. The molecule has 0 amide bonds. The van der Waals surface area contributed by atoms with Crippen LogP contribution in [-0.4, -0.2) is 31.7 Å². The van der Waals surface area contributed by atoms with Crippen molar-refractivity contribution in [3.05, 3.63) is 83.1 Å². The van der Waals surface area contributed by atoms with Gasteiger partial charge in [0, 0.05) is 39.7 Å². The van der Waals surface area contributed by atoms with Crippen LogP contribution in [0, 0.1) is 11.6 Å². The van der Waals surface area contributed by atoms with Crippen LogP contribution < -0.4 is 10.6 Å². The molecule has 0 aliphatic rings. The Kier molecular flexibility index (Phi) is 5.85. The Labute approximate surface area is 203 Å². The van der Waals surface area contributed by atoms with Crippen molar-refractivity contribution in [3.8, 4) is 0 Å². The summed E-state index contributed by atoms with van der Waals surface area (Å²) in [5.74, 6) is -1.19. The first kappa shape index (κ1) is 23.0. The Hall–Kier alpha value is -4.73. The fourth-order valence-electron chi connectivity index (χ4n) is 3.94. The van der Waals surface area contributed by atoms with Crippen LogP contribution in [0.4, 0.5) is 26.2 Å². The third kappa shape index (κ3) is 4.48. The predicted octanol–water partition coefficient (Wildman–Crippen LogP) is 5.55. The number of benzene rings is 3. The van der Waals surface area contributed by atoms with E-state index in [2.05, 4.69) is 30.8 Å². The lowest BCUT2D eigenvalue weighted by Gasteiger charge is -2.14. The molecule has 0 aliphatic heterocycles. The molecule has 0 saturated heterocycles. The second-order valence-corrected chi connectivity index (χ2v) is 8.31. The van der Waals surface area contributed by atoms with Crippen molar-refractivity contribution >= 4 is 50.8 Å². The maximum Gasteiger partial charge on any atom is 0.225 e. The minimum absolute atomic E-state index is 0.0688. The average Bonchev–Trinajstić information content (AvgIpc) is 3.31. The summed E-state index contributed by atoms with van der Waals surface area (Å²) in [6.45, 7) is 2.69.